The summed E-state index contributed by atoms with van der Waals surface area (Å²) in [6.45, 7) is 0. The average Bonchev–Trinajstić information content (AvgIpc) is 2.19. The number of rotatable bonds is 1. The SMILES string of the molecule is C#CNc1nccs1. The number of anilines is 1. The molecule has 0 radical (unpaired) electrons. The highest BCUT2D eigenvalue weighted by atomic mass is 32.1. The Kier molecular flexibility index (Phi) is 1.50. The number of nitrogens with zero attached hydrogens (tertiary/aromatic N) is 1. The summed E-state index contributed by atoms with van der Waals surface area (Å²) in [6.07, 6.45) is 6.62. The maximum absolute atomic E-state index is 4.93. The lowest BCUT2D eigenvalue weighted by Crippen LogP contribution is -1.82. The zero-order valence-electron chi connectivity index (χ0n) is 4.09. The molecule has 0 saturated carbocycles. The van der Waals surface area contributed by atoms with Crippen molar-refractivity contribution in [2.75, 3.05) is 5.32 Å². The normalized spacial score (nSPS) is 7.88. The number of hydrogen-bond donors (Lipinski definition) is 1. The van der Waals surface area contributed by atoms with Crippen LogP contribution >= 0.6 is 11.3 Å². The molecule has 2 nitrogen and oxygen atoms in total. The van der Waals surface area contributed by atoms with E-state index in [0.717, 1.165) is 5.13 Å². The van der Waals surface area contributed by atoms with E-state index in [0.29, 0.717) is 0 Å². The Labute approximate surface area is 51.6 Å². The largest absolute Gasteiger partial charge is 0.291 e. The molecule has 1 aromatic rings. The first-order chi connectivity index (χ1) is 3.93. The van der Waals surface area contributed by atoms with Gasteiger partial charge in [-0.1, -0.05) is 6.42 Å². The van der Waals surface area contributed by atoms with E-state index in [1.54, 1.807) is 6.20 Å². The second-order valence-electron chi connectivity index (χ2n) is 1.11. The predicted molar refractivity (Wildman–Crippen MR) is 34.6 cm³/mol. The van der Waals surface area contributed by atoms with Crippen molar-refractivity contribution in [2.45, 2.75) is 0 Å². The van der Waals surface area contributed by atoms with Gasteiger partial charge in [-0.2, -0.15) is 0 Å². The molecule has 8 heavy (non-hydrogen) atoms. The summed E-state index contributed by atoms with van der Waals surface area (Å²) in [7, 11) is 0. The van der Waals surface area contributed by atoms with Gasteiger partial charge in [-0.15, -0.1) is 11.3 Å². The minimum absolute atomic E-state index is 0.771. The molecule has 0 atom stereocenters. The van der Waals surface area contributed by atoms with Crippen molar-refractivity contribution in [1.29, 1.82) is 0 Å². The van der Waals surface area contributed by atoms with Crippen molar-refractivity contribution in [1.82, 2.24) is 4.98 Å². The highest BCUT2D eigenvalue weighted by Crippen LogP contribution is 2.08. The van der Waals surface area contributed by atoms with E-state index < -0.39 is 0 Å². The summed E-state index contributed by atoms with van der Waals surface area (Å²) in [6, 6.07) is 2.27. The van der Waals surface area contributed by atoms with Crippen LogP contribution in [0.3, 0.4) is 0 Å². The summed E-state index contributed by atoms with van der Waals surface area (Å²) in [5, 5.41) is 5.25. The molecule has 0 aromatic carbocycles. The lowest BCUT2D eigenvalue weighted by molar-refractivity contribution is 1.41. The molecule has 0 unspecified atom stereocenters. The van der Waals surface area contributed by atoms with Crippen LogP contribution in [-0.2, 0) is 0 Å². The van der Waals surface area contributed by atoms with Gasteiger partial charge in [-0.25, -0.2) is 4.98 Å². The molecule has 0 fully saturated rings. The molecule has 1 N–H and O–H groups in total. The Balaban J connectivity index is 2.67. The van der Waals surface area contributed by atoms with Crippen LogP contribution in [0.2, 0.25) is 0 Å². The first-order valence-electron chi connectivity index (χ1n) is 2.04. The van der Waals surface area contributed by atoms with E-state index in [2.05, 4.69) is 16.3 Å². The monoisotopic (exact) mass is 124 g/mol. The zero-order chi connectivity index (χ0) is 5.82. The molecule has 0 saturated heterocycles. The second-order valence-corrected chi connectivity index (χ2v) is 2.00. The van der Waals surface area contributed by atoms with E-state index in [4.69, 9.17) is 6.42 Å². The van der Waals surface area contributed by atoms with Crippen LogP contribution in [0.4, 0.5) is 5.13 Å². The summed E-state index contributed by atoms with van der Waals surface area (Å²) in [4.78, 5) is 3.87. The number of nitrogens with one attached hydrogen (secondary N) is 1. The van der Waals surface area contributed by atoms with E-state index in [-0.39, 0.29) is 0 Å². The molecule has 1 aromatic heterocycles. The van der Waals surface area contributed by atoms with Gasteiger partial charge < -0.3 is 0 Å². The predicted octanol–water partition coefficient (Wildman–Crippen LogP) is 1.15. The number of terminal acetylenes is 1. The summed E-state index contributed by atoms with van der Waals surface area (Å²) in [5.74, 6) is 0. The van der Waals surface area contributed by atoms with Gasteiger partial charge in [-0.05, 0) is 0 Å². The molecule has 1 heterocycles. The summed E-state index contributed by atoms with van der Waals surface area (Å²) < 4.78 is 0. The minimum atomic E-state index is 0.771. The third kappa shape index (κ3) is 0.983. The van der Waals surface area contributed by atoms with E-state index in [1.165, 1.54) is 11.3 Å². The Bertz CT molecular complexity index is 185. The average molecular weight is 124 g/mol. The quantitative estimate of drug-likeness (QED) is 0.448. The van der Waals surface area contributed by atoms with Crippen LogP contribution in [0.5, 0.6) is 0 Å². The molecule has 0 amide bonds. The molecular weight excluding hydrogens is 120 g/mol. The maximum atomic E-state index is 4.93. The van der Waals surface area contributed by atoms with Gasteiger partial charge in [0.25, 0.3) is 0 Å². The fourth-order valence-electron chi connectivity index (χ4n) is 0.347. The van der Waals surface area contributed by atoms with Gasteiger partial charge in [0.2, 0.25) is 0 Å². The van der Waals surface area contributed by atoms with Crippen molar-refractivity contribution in [3.8, 4) is 12.5 Å². The van der Waals surface area contributed by atoms with Gasteiger partial charge in [-0.3, -0.25) is 5.32 Å². The van der Waals surface area contributed by atoms with Crippen molar-refractivity contribution >= 4 is 16.5 Å². The van der Waals surface area contributed by atoms with Crippen molar-refractivity contribution in [3.05, 3.63) is 11.6 Å². The van der Waals surface area contributed by atoms with Crippen LogP contribution in [0.15, 0.2) is 11.6 Å². The molecule has 0 spiro atoms. The number of thiazole rings is 1. The van der Waals surface area contributed by atoms with Gasteiger partial charge in [0, 0.05) is 17.6 Å². The summed E-state index contributed by atoms with van der Waals surface area (Å²) >= 11 is 1.48. The van der Waals surface area contributed by atoms with Crippen LogP contribution in [0.25, 0.3) is 0 Å². The molecule has 3 heteroatoms. The number of hydrogen-bond acceptors (Lipinski definition) is 3. The van der Waals surface area contributed by atoms with Crippen LogP contribution in [-0.4, -0.2) is 4.98 Å². The standard InChI is InChI=1S/C5H4N2S/c1-2-6-5-7-3-4-8-5/h1,3-4H,(H,6,7). The van der Waals surface area contributed by atoms with Crippen LogP contribution in [0, 0.1) is 12.5 Å². The Hall–Kier alpha value is -1.01. The zero-order valence-corrected chi connectivity index (χ0v) is 4.90. The third-order valence-corrected chi connectivity index (χ3v) is 1.30. The fourth-order valence-corrected chi connectivity index (χ4v) is 0.837. The maximum Gasteiger partial charge on any atom is 0.194 e. The number of aromatic nitrogens is 1. The smallest absolute Gasteiger partial charge is 0.194 e. The summed E-state index contributed by atoms with van der Waals surface area (Å²) in [5.41, 5.74) is 0. The van der Waals surface area contributed by atoms with Gasteiger partial charge in [0.05, 0.1) is 0 Å². The van der Waals surface area contributed by atoms with Crippen molar-refractivity contribution in [3.63, 3.8) is 0 Å². The Morgan fingerprint density at radius 2 is 2.75 bits per heavy atom. The Morgan fingerprint density at radius 3 is 3.25 bits per heavy atom. The van der Waals surface area contributed by atoms with E-state index in [1.807, 2.05) is 5.38 Å². The van der Waals surface area contributed by atoms with E-state index >= 15 is 0 Å². The first-order valence-corrected chi connectivity index (χ1v) is 2.92. The topological polar surface area (TPSA) is 24.9 Å². The van der Waals surface area contributed by atoms with Gasteiger partial charge >= 0.3 is 0 Å². The highest BCUT2D eigenvalue weighted by Gasteiger charge is 1.85. The third-order valence-electron chi connectivity index (χ3n) is 0.611. The van der Waals surface area contributed by atoms with Crippen LogP contribution < -0.4 is 5.32 Å². The highest BCUT2D eigenvalue weighted by molar-refractivity contribution is 7.13. The van der Waals surface area contributed by atoms with Crippen LogP contribution in [0.1, 0.15) is 0 Å². The molecular formula is C5H4N2S. The molecule has 1 rings (SSSR count). The van der Waals surface area contributed by atoms with Gasteiger partial charge in [0.1, 0.15) is 0 Å². The first kappa shape index (κ1) is 5.13. The van der Waals surface area contributed by atoms with Crippen molar-refractivity contribution in [2.24, 2.45) is 0 Å². The molecule has 40 valence electrons. The fraction of sp³-hybridized carbons (Fsp3) is 0. The lowest BCUT2D eigenvalue weighted by Gasteiger charge is -1.83. The van der Waals surface area contributed by atoms with Gasteiger partial charge in [0.15, 0.2) is 5.13 Å². The van der Waals surface area contributed by atoms with Crippen molar-refractivity contribution < 1.29 is 0 Å². The second kappa shape index (κ2) is 2.34. The molecule has 0 aliphatic heterocycles. The minimum Gasteiger partial charge on any atom is -0.291 e. The molecule has 0 aliphatic carbocycles. The Morgan fingerprint density at radius 1 is 1.88 bits per heavy atom. The van der Waals surface area contributed by atoms with E-state index in [9.17, 15) is 0 Å². The lowest BCUT2D eigenvalue weighted by atomic mass is 11.0. The molecule has 0 aliphatic rings. The molecule has 0 bridgehead atoms.